The number of carbonyl (C=O) groups is 1. The van der Waals surface area contributed by atoms with Crippen LogP contribution in [0.15, 0.2) is 24.3 Å². The van der Waals surface area contributed by atoms with Crippen molar-refractivity contribution in [1.29, 1.82) is 5.41 Å². The zero-order valence-corrected chi connectivity index (χ0v) is 9.08. The van der Waals surface area contributed by atoms with Crippen molar-refractivity contribution in [3.05, 3.63) is 35.0 Å². The van der Waals surface area contributed by atoms with E-state index < -0.39 is 5.23 Å². The van der Waals surface area contributed by atoms with Crippen LogP contribution < -0.4 is 11.0 Å². The van der Waals surface area contributed by atoms with Gasteiger partial charge in [0.25, 0.3) is 0 Å². The van der Waals surface area contributed by atoms with E-state index in [1.807, 2.05) is 0 Å². The smallest absolute Gasteiger partial charge is 0.173 e. The normalized spacial score (nSPS) is 12.1. The van der Waals surface area contributed by atoms with Crippen molar-refractivity contribution >= 4 is 28.4 Å². The van der Waals surface area contributed by atoms with Gasteiger partial charge in [0.2, 0.25) is 0 Å². The number of hydrogen-bond acceptors (Lipinski definition) is 5. The molecule has 1 aromatic carbocycles. The number of Topliss-reactive ketones (excluding diaryl/α,β-unsaturated/α-hetero) is 1. The van der Waals surface area contributed by atoms with E-state index in [1.165, 1.54) is 24.3 Å². The summed E-state index contributed by atoms with van der Waals surface area (Å²) in [7, 11) is 0. The van der Waals surface area contributed by atoms with E-state index in [0.717, 1.165) is 11.8 Å². The summed E-state index contributed by atoms with van der Waals surface area (Å²) < 4.78 is 0. The van der Waals surface area contributed by atoms with Crippen LogP contribution in [0.25, 0.3) is 0 Å². The molecule has 7 heteroatoms. The predicted molar refractivity (Wildman–Crippen MR) is 60.9 cm³/mol. The minimum atomic E-state index is -1.08. The van der Waals surface area contributed by atoms with Gasteiger partial charge in [-0.3, -0.25) is 10.2 Å². The molecule has 1 aromatic rings. The minimum absolute atomic E-state index is 0.0401. The Hall–Kier alpha value is -1.41. The van der Waals surface area contributed by atoms with E-state index in [4.69, 9.17) is 16.4 Å². The van der Waals surface area contributed by atoms with Crippen molar-refractivity contribution in [2.45, 2.75) is 0 Å². The van der Waals surface area contributed by atoms with Crippen molar-refractivity contribution < 1.29 is 15.2 Å². The van der Waals surface area contributed by atoms with Gasteiger partial charge in [0.15, 0.2) is 16.6 Å². The summed E-state index contributed by atoms with van der Waals surface area (Å²) in [6, 6.07) is 5.77. The Labute approximate surface area is 96.1 Å². The van der Waals surface area contributed by atoms with Gasteiger partial charge in [0, 0.05) is 17.7 Å². The molecule has 1 atom stereocenters. The molecule has 16 heavy (non-hydrogen) atoms. The number of rotatable bonds is 4. The summed E-state index contributed by atoms with van der Waals surface area (Å²) in [6.45, 7) is 0. The summed E-state index contributed by atoms with van der Waals surface area (Å²) >= 11 is 0.913. The van der Waals surface area contributed by atoms with Gasteiger partial charge >= 0.3 is 0 Å². The van der Waals surface area contributed by atoms with Gasteiger partial charge in [0.05, 0.1) is 5.75 Å². The summed E-state index contributed by atoms with van der Waals surface area (Å²) in [5.74, 6) is -0.207. The number of thioether (sulfide) groups is 1. The van der Waals surface area contributed by atoms with E-state index in [1.54, 1.807) is 0 Å². The lowest BCUT2D eigenvalue weighted by molar-refractivity contribution is -0.991. The zero-order chi connectivity index (χ0) is 12.1. The summed E-state index contributed by atoms with van der Waals surface area (Å²) in [5, 5.41) is 25.2. The molecule has 0 radical (unpaired) electrons. The van der Waals surface area contributed by atoms with Crippen LogP contribution in [-0.4, -0.2) is 21.9 Å². The average molecular weight is 241 g/mol. The quantitative estimate of drug-likeness (QED) is 0.254. The Bertz CT molecular complexity index is 409. The topological polar surface area (TPSA) is 115 Å². The summed E-state index contributed by atoms with van der Waals surface area (Å²) in [5.41, 5.74) is 5.48. The van der Waals surface area contributed by atoms with Gasteiger partial charge in [-0.05, 0) is 0 Å². The van der Waals surface area contributed by atoms with Crippen molar-refractivity contribution in [2.24, 2.45) is 5.73 Å². The maximum absolute atomic E-state index is 11.6. The first-order chi connectivity index (χ1) is 7.50. The number of nitrogens with two attached hydrogens (primary N) is 1. The molecule has 0 aromatic heterocycles. The van der Waals surface area contributed by atoms with Crippen LogP contribution in [0.2, 0.25) is 0 Å². The van der Waals surface area contributed by atoms with Crippen LogP contribution in [0.5, 0.6) is 0 Å². The predicted octanol–water partition coefficient (Wildman–Crippen LogP) is -0.101. The van der Waals surface area contributed by atoms with E-state index in [2.05, 4.69) is 0 Å². The molecule has 5 N–H and O–H groups in total. The van der Waals surface area contributed by atoms with Crippen LogP contribution >= 0.6 is 11.8 Å². The van der Waals surface area contributed by atoms with Gasteiger partial charge in [-0.2, -0.15) is 5.23 Å². The second-order valence-electron chi connectivity index (χ2n) is 2.96. The van der Waals surface area contributed by atoms with Gasteiger partial charge in [-0.15, -0.1) is 0 Å². The number of amidine groups is 1. The Morgan fingerprint density at radius 3 is 2.88 bits per heavy atom. The molecule has 0 fully saturated rings. The fourth-order valence-corrected chi connectivity index (χ4v) is 1.51. The number of carbonyl (C=O) groups excluding carboxylic acids is 1. The lowest BCUT2D eigenvalue weighted by atomic mass is 10.1. The fourth-order valence-electron chi connectivity index (χ4n) is 1.05. The first-order valence-electron chi connectivity index (χ1n) is 4.34. The molecule has 0 aliphatic carbocycles. The third-order valence-electron chi connectivity index (χ3n) is 1.79. The lowest BCUT2D eigenvalue weighted by Gasteiger charge is -2.11. The molecule has 0 aliphatic heterocycles. The second kappa shape index (κ2) is 5.61. The lowest BCUT2D eigenvalue weighted by Crippen LogP contribution is -2.99. The minimum Gasteiger partial charge on any atom is -0.595 e. The Morgan fingerprint density at radius 2 is 2.31 bits per heavy atom. The van der Waals surface area contributed by atoms with Crippen molar-refractivity contribution in [3.63, 3.8) is 0 Å². The largest absolute Gasteiger partial charge is 0.595 e. The highest BCUT2D eigenvalue weighted by Crippen LogP contribution is 2.10. The molecule has 0 spiro atoms. The molecule has 0 bridgehead atoms. The standard InChI is InChI=1S/C9H11N3O3S/c10-9(11)16-5-8(13)6-2-1-3-7(4-6)12(14)15/h1-4,12,14H,5H2,(H3,10,11). The molecule has 0 saturated carbocycles. The third kappa shape index (κ3) is 3.63. The summed E-state index contributed by atoms with van der Waals surface area (Å²) in [4.78, 5) is 11.6. The van der Waals surface area contributed by atoms with E-state index >= 15 is 0 Å². The van der Waals surface area contributed by atoms with Gasteiger partial charge < -0.3 is 10.9 Å². The molecule has 6 nitrogen and oxygen atoms in total. The SMILES string of the molecule is N=C(N)SCC(=O)c1cccc([NH+]([O-])O)c1. The van der Waals surface area contributed by atoms with Crippen molar-refractivity contribution in [2.75, 3.05) is 5.75 Å². The highest BCUT2D eigenvalue weighted by atomic mass is 32.2. The Kier molecular flexibility index (Phi) is 4.44. The number of quaternary nitrogens is 1. The first-order valence-corrected chi connectivity index (χ1v) is 5.32. The van der Waals surface area contributed by atoms with Crippen molar-refractivity contribution in [1.82, 2.24) is 0 Å². The molecule has 0 amide bonds. The number of nitrogens with one attached hydrogen (secondary N) is 2. The monoisotopic (exact) mass is 241 g/mol. The van der Waals surface area contributed by atoms with Crippen LogP contribution in [0, 0.1) is 10.6 Å². The fraction of sp³-hybridized carbons (Fsp3) is 0.111. The van der Waals surface area contributed by atoms with Gasteiger partial charge in [0.1, 0.15) is 0 Å². The molecule has 0 aliphatic rings. The highest BCUT2D eigenvalue weighted by Gasteiger charge is 2.09. The van der Waals surface area contributed by atoms with Crippen LogP contribution in [0.4, 0.5) is 5.69 Å². The molecule has 0 saturated heterocycles. The highest BCUT2D eigenvalue weighted by molar-refractivity contribution is 8.14. The number of hydrogen-bond donors (Lipinski definition) is 4. The molecular weight excluding hydrogens is 230 g/mol. The van der Waals surface area contributed by atoms with Crippen molar-refractivity contribution in [3.8, 4) is 0 Å². The maximum Gasteiger partial charge on any atom is 0.173 e. The van der Waals surface area contributed by atoms with Crippen LogP contribution in [-0.2, 0) is 0 Å². The third-order valence-corrected chi connectivity index (χ3v) is 2.51. The molecule has 86 valence electrons. The molecule has 0 heterocycles. The molecule has 1 unspecified atom stereocenters. The van der Waals surface area contributed by atoms with Crippen LogP contribution in [0.3, 0.4) is 0 Å². The van der Waals surface area contributed by atoms with E-state index in [0.29, 0.717) is 5.56 Å². The maximum atomic E-state index is 11.6. The molecule has 1 rings (SSSR count). The van der Waals surface area contributed by atoms with Crippen LogP contribution in [0.1, 0.15) is 10.4 Å². The number of benzene rings is 1. The molecular formula is C9H11N3O3S. The average Bonchev–Trinajstić information content (AvgIpc) is 2.26. The zero-order valence-electron chi connectivity index (χ0n) is 8.27. The Morgan fingerprint density at radius 1 is 1.62 bits per heavy atom. The first kappa shape index (κ1) is 12.7. The Balaban J connectivity index is 2.75. The van der Waals surface area contributed by atoms with E-state index in [9.17, 15) is 10.0 Å². The summed E-state index contributed by atoms with van der Waals surface area (Å²) in [6.07, 6.45) is 0. The van der Waals surface area contributed by atoms with Gasteiger partial charge in [-0.25, -0.2) is 5.21 Å². The second-order valence-corrected chi connectivity index (χ2v) is 3.98. The van der Waals surface area contributed by atoms with Gasteiger partial charge in [-0.1, -0.05) is 23.9 Å². The van der Waals surface area contributed by atoms with E-state index in [-0.39, 0.29) is 22.4 Å². The number of ketones is 1.